The van der Waals surface area contributed by atoms with Crippen molar-refractivity contribution in [1.29, 1.82) is 0 Å². The average molecular weight is 272 g/mol. The van der Waals surface area contributed by atoms with E-state index in [1.165, 1.54) is 12.1 Å². The summed E-state index contributed by atoms with van der Waals surface area (Å²) in [4.78, 5) is 0.156. The van der Waals surface area contributed by atoms with Gasteiger partial charge in [0.25, 0.3) is 0 Å². The van der Waals surface area contributed by atoms with Gasteiger partial charge >= 0.3 is 19.5 Å². The second kappa shape index (κ2) is 4.12. The molecule has 3 nitrogen and oxygen atoms in total. The minimum atomic E-state index is -3.52. The van der Waals surface area contributed by atoms with Gasteiger partial charge in [-0.05, 0) is 19.1 Å². The van der Waals surface area contributed by atoms with Gasteiger partial charge in [0.05, 0.1) is 4.90 Å². The van der Waals surface area contributed by atoms with Gasteiger partial charge in [-0.15, -0.1) is 0 Å². The second-order valence-electron chi connectivity index (χ2n) is 2.36. The van der Waals surface area contributed by atoms with E-state index in [-0.39, 0.29) is 24.4 Å². The molecule has 5 heteroatoms. The molecule has 0 saturated carbocycles. The molecule has 0 aliphatic carbocycles. The quantitative estimate of drug-likeness (QED) is 0.763. The fraction of sp³-hybridized carbons (Fsp3) is 0.143. The number of benzene rings is 1. The van der Waals surface area contributed by atoms with Gasteiger partial charge in [-0.25, -0.2) is 13.6 Å². The van der Waals surface area contributed by atoms with Crippen LogP contribution in [0.3, 0.4) is 0 Å². The van der Waals surface area contributed by atoms with Crippen molar-refractivity contribution in [2.24, 2.45) is 5.14 Å². The summed E-state index contributed by atoms with van der Waals surface area (Å²) in [5.41, 5.74) is 1.01. The molecule has 0 aromatic heterocycles. The first-order valence-electron chi connectivity index (χ1n) is 3.09. The van der Waals surface area contributed by atoms with Crippen LogP contribution in [0.2, 0.25) is 0 Å². The van der Waals surface area contributed by atoms with Crippen molar-refractivity contribution in [3.63, 3.8) is 0 Å². The molecule has 0 saturated heterocycles. The maximum Gasteiger partial charge on any atom is 2.00 e. The van der Waals surface area contributed by atoms with E-state index >= 15 is 0 Å². The van der Waals surface area contributed by atoms with Crippen LogP contribution < -0.4 is 5.14 Å². The second-order valence-corrected chi connectivity index (χ2v) is 3.92. The van der Waals surface area contributed by atoms with Crippen molar-refractivity contribution in [1.82, 2.24) is 0 Å². The molecule has 2 N–H and O–H groups in total. The molecule has 66 valence electrons. The van der Waals surface area contributed by atoms with Crippen LogP contribution in [0.25, 0.3) is 0 Å². The number of hydrogen-bond donors (Lipinski definition) is 1. The van der Waals surface area contributed by atoms with E-state index in [0.717, 1.165) is 5.56 Å². The molecule has 0 aliphatic heterocycles. The van der Waals surface area contributed by atoms with Crippen LogP contribution in [-0.4, -0.2) is 8.42 Å². The van der Waals surface area contributed by atoms with E-state index in [1.54, 1.807) is 12.1 Å². The van der Waals surface area contributed by atoms with E-state index in [2.05, 4.69) is 0 Å². The maximum absolute atomic E-state index is 10.7. The van der Waals surface area contributed by atoms with E-state index < -0.39 is 10.0 Å². The van der Waals surface area contributed by atoms with E-state index in [0.29, 0.717) is 0 Å². The van der Waals surface area contributed by atoms with Crippen molar-refractivity contribution >= 4 is 10.0 Å². The zero-order valence-electron chi connectivity index (χ0n) is 6.47. The Morgan fingerprint density at radius 1 is 1.17 bits per heavy atom. The number of nitrogens with two attached hydrogens (primary N) is 1. The Bertz CT molecular complexity index is 344. The first kappa shape index (κ1) is 11.8. The SMILES string of the molecule is Cc1ccc(S(N)(=O)=O)cc1.[Ru+2]. The van der Waals surface area contributed by atoms with Crippen molar-refractivity contribution in [3.05, 3.63) is 29.8 Å². The molecule has 0 bridgehead atoms. The first-order chi connectivity index (χ1) is 5.00. The average Bonchev–Trinajstić information content (AvgIpc) is 1.86. The van der Waals surface area contributed by atoms with E-state index in [4.69, 9.17) is 5.14 Å². The van der Waals surface area contributed by atoms with Gasteiger partial charge in [-0.1, -0.05) is 17.7 Å². The largest absolute Gasteiger partial charge is 2.00 e. The Balaban J connectivity index is 0.00000121. The smallest absolute Gasteiger partial charge is 0.225 e. The van der Waals surface area contributed by atoms with Gasteiger partial charge in [-0.3, -0.25) is 0 Å². The summed E-state index contributed by atoms with van der Waals surface area (Å²) in [5, 5.41) is 4.88. The van der Waals surface area contributed by atoms with Gasteiger partial charge in [0, 0.05) is 0 Å². The molecule has 1 aromatic rings. The Kier molecular flexibility index (Phi) is 4.04. The molecule has 1 rings (SSSR count). The van der Waals surface area contributed by atoms with Crippen LogP contribution in [0.15, 0.2) is 29.2 Å². The number of sulfonamides is 1. The van der Waals surface area contributed by atoms with Crippen LogP contribution >= 0.6 is 0 Å². The summed E-state index contributed by atoms with van der Waals surface area (Å²) in [6, 6.07) is 6.40. The molecule has 12 heavy (non-hydrogen) atoms. The van der Waals surface area contributed by atoms with Crippen LogP contribution in [0.5, 0.6) is 0 Å². The first-order valence-corrected chi connectivity index (χ1v) is 4.64. The third-order valence-corrected chi connectivity index (χ3v) is 2.28. The van der Waals surface area contributed by atoms with Gasteiger partial charge in [0.15, 0.2) is 0 Å². The summed E-state index contributed by atoms with van der Waals surface area (Å²) in [7, 11) is -3.52. The number of rotatable bonds is 1. The molecule has 0 atom stereocenters. The molecule has 0 aliphatic rings. The fourth-order valence-corrected chi connectivity index (χ4v) is 1.24. The third-order valence-electron chi connectivity index (χ3n) is 1.35. The zero-order valence-corrected chi connectivity index (χ0v) is 9.02. The summed E-state index contributed by atoms with van der Waals surface area (Å²) in [6.07, 6.45) is 0. The molecule has 0 fully saturated rings. The predicted molar refractivity (Wildman–Crippen MR) is 42.6 cm³/mol. The van der Waals surface area contributed by atoms with Crippen LogP contribution in [0.1, 0.15) is 5.56 Å². The minimum absolute atomic E-state index is 0. The van der Waals surface area contributed by atoms with Crippen LogP contribution in [0, 0.1) is 6.92 Å². The summed E-state index contributed by atoms with van der Waals surface area (Å²) >= 11 is 0. The number of primary sulfonamides is 1. The van der Waals surface area contributed by atoms with Crippen molar-refractivity contribution in [2.75, 3.05) is 0 Å². The number of aryl methyl sites for hydroxylation is 1. The molecular weight excluding hydrogens is 263 g/mol. The van der Waals surface area contributed by atoms with E-state index in [1.807, 2.05) is 6.92 Å². The minimum Gasteiger partial charge on any atom is -0.225 e. The Hall–Kier alpha value is -0.247. The van der Waals surface area contributed by atoms with Crippen LogP contribution in [-0.2, 0) is 29.5 Å². The van der Waals surface area contributed by atoms with E-state index in [9.17, 15) is 8.42 Å². The fourth-order valence-electron chi connectivity index (χ4n) is 0.728. The van der Waals surface area contributed by atoms with Gasteiger partial charge in [-0.2, -0.15) is 0 Å². The monoisotopic (exact) mass is 273 g/mol. The summed E-state index contributed by atoms with van der Waals surface area (Å²) in [5.74, 6) is 0. The molecule has 1 aromatic carbocycles. The van der Waals surface area contributed by atoms with Crippen molar-refractivity contribution in [2.45, 2.75) is 11.8 Å². The zero-order chi connectivity index (χ0) is 8.48. The molecule has 0 unspecified atom stereocenters. The third kappa shape index (κ3) is 3.01. The Labute approximate surface area is 84.8 Å². The van der Waals surface area contributed by atoms with Gasteiger partial charge in [0.2, 0.25) is 10.0 Å². The molecular formula is C7H9NO2RuS+2. The maximum atomic E-state index is 10.7. The number of hydrogen-bond acceptors (Lipinski definition) is 2. The van der Waals surface area contributed by atoms with Crippen LogP contribution in [0.4, 0.5) is 0 Å². The Morgan fingerprint density at radius 2 is 1.58 bits per heavy atom. The van der Waals surface area contributed by atoms with Crippen molar-refractivity contribution in [3.8, 4) is 0 Å². The van der Waals surface area contributed by atoms with Gasteiger partial charge < -0.3 is 0 Å². The van der Waals surface area contributed by atoms with Gasteiger partial charge in [0.1, 0.15) is 0 Å². The topological polar surface area (TPSA) is 60.2 Å². The molecule has 0 spiro atoms. The summed E-state index contributed by atoms with van der Waals surface area (Å²) < 4.78 is 21.4. The normalized spacial score (nSPS) is 10.5. The Morgan fingerprint density at radius 3 is 1.92 bits per heavy atom. The summed E-state index contributed by atoms with van der Waals surface area (Å²) in [6.45, 7) is 1.88. The molecule has 0 amide bonds. The van der Waals surface area contributed by atoms with Crippen molar-refractivity contribution < 1.29 is 27.9 Å². The molecule has 0 heterocycles. The predicted octanol–water partition coefficient (Wildman–Crippen LogP) is 0.640. The standard InChI is InChI=1S/C7H9NO2S.Ru/c1-6-2-4-7(5-3-6)11(8,9)10;/h2-5H,1H3,(H2,8,9,10);/q;+2. The molecule has 0 radical (unpaired) electrons.